The number of pyridine rings is 2. The van der Waals surface area contributed by atoms with Gasteiger partial charge in [0.25, 0.3) is 0 Å². The van der Waals surface area contributed by atoms with E-state index in [1.54, 1.807) is 13.3 Å². The van der Waals surface area contributed by atoms with Crippen LogP contribution in [0.2, 0.25) is 0 Å². The van der Waals surface area contributed by atoms with Crippen molar-refractivity contribution in [2.75, 3.05) is 20.2 Å². The summed E-state index contributed by atoms with van der Waals surface area (Å²) < 4.78 is 7.17. The molecule has 1 saturated heterocycles. The Morgan fingerprint density at radius 1 is 1.07 bits per heavy atom. The first-order valence-electron chi connectivity index (χ1n) is 10.4. The van der Waals surface area contributed by atoms with E-state index >= 15 is 0 Å². The minimum atomic E-state index is 0.360. The predicted molar refractivity (Wildman–Crippen MR) is 116 cm³/mol. The highest BCUT2D eigenvalue weighted by molar-refractivity contribution is 5.63. The lowest BCUT2D eigenvalue weighted by Gasteiger charge is -2.31. The summed E-state index contributed by atoms with van der Waals surface area (Å²) in [6.45, 7) is 3.04. The van der Waals surface area contributed by atoms with Crippen LogP contribution >= 0.6 is 0 Å². The van der Waals surface area contributed by atoms with Gasteiger partial charge in [0, 0.05) is 48.7 Å². The Bertz CT molecular complexity index is 1120. The number of piperidine rings is 1. The lowest BCUT2D eigenvalue weighted by molar-refractivity contribution is 0.196. The third kappa shape index (κ3) is 3.91. The minimum absolute atomic E-state index is 0.360. The number of ether oxygens (including phenoxy) is 1. The summed E-state index contributed by atoms with van der Waals surface area (Å²) in [4.78, 5) is 11.5. The van der Waals surface area contributed by atoms with Crippen molar-refractivity contribution in [3.05, 3.63) is 78.5 Å². The van der Waals surface area contributed by atoms with E-state index in [2.05, 4.69) is 34.1 Å². The quantitative estimate of drug-likeness (QED) is 0.504. The molecule has 0 saturated carbocycles. The number of nitrogens with zero attached hydrogens (tertiary/aromatic N) is 5. The van der Waals surface area contributed by atoms with Crippen LogP contribution in [0.5, 0.6) is 5.75 Å². The van der Waals surface area contributed by atoms with Crippen LogP contribution in [0.15, 0.2) is 67.1 Å². The lowest BCUT2D eigenvalue weighted by Crippen LogP contribution is -2.34. The van der Waals surface area contributed by atoms with Crippen molar-refractivity contribution < 1.29 is 4.74 Å². The normalized spacial score (nSPS) is 17.3. The number of rotatable bonds is 5. The first-order valence-corrected chi connectivity index (χ1v) is 10.4. The van der Waals surface area contributed by atoms with Crippen LogP contribution < -0.4 is 4.74 Å². The van der Waals surface area contributed by atoms with E-state index in [4.69, 9.17) is 14.8 Å². The predicted octanol–water partition coefficient (Wildman–Crippen LogP) is 4.18. The highest BCUT2D eigenvalue weighted by Crippen LogP contribution is 2.27. The summed E-state index contributed by atoms with van der Waals surface area (Å²) in [5.41, 5.74) is 4.38. The van der Waals surface area contributed by atoms with Crippen LogP contribution in [0.1, 0.15) is 30.1 Å². The molecule has 1 aromatic carbocycles. The van der Waals surface area contributed by atoms with Crippen LogP contribution in [0.4, 0.5) is 0 Å². The smallest absolute Gasteiger partial charge is 0.156 e. The first kappa shape index (κ1) is 18.8. The number of hydrogen-bond donors (Lipinski definition) is 0. The summed E-state index contributed by atoms with van der Waals surface area (Å²) in [5.74, 6) is 2.20. The van der Waals surface area contributed by atoms with E-state index < -0.39 is 0 Å². The van der Waals surface area contributed by atoms with Gasteiger partial charge in [0.05, 0.1) is 7.11 Å². The maximum Gasteiger partial charge on any atom is 0.156 e. The van der Waals surface area contributed by atoms with Crippen LogP contribution in [0, 0.1) is 0 Å². The van der Waals surface area contributed by atoms with Crippen molar-refractivity contribution in [1.82, 2.24) is 24.5 Å². The molecular weight excluding hydrogens is 374 g/mol. The number of aromatic nitrogens is 4. The Morgan fingerprint density at radius 2 is 1.97 bits per heavy atom. The van der Waals surface area contributed by atoms with Gasteiger partial charge in [0.15, 0.2) is 11.5 Å². The molecule has 6 heteroatoms. The number of benzene rings is 1. The zero-order chi connectivity index (χ0) is 20.3. The molecule has 0 radical (unpaired) electrons. The molecule has 0 aliphatic carbocycles. The van der Waals surface area contributed by atoms with Crippen LogP contribution in [0.3, 0.4) is 0 Å². The Kier molecular flexibility index (Phi) is 5.15. The van der Waals surface area contributed by atoms with Gasteiger partial charge in [0.2, 0.25) is 0 Å². The van der Waals surface area contributed by atoms with E-state index in [1.165, 1.54) is 5.56 Å². The van der Waals surface area contributed by atoms with Gasteiger partial charge in [-0.1, -0.05) is 18.2 Å². The van der Waals surface area contributed by atoms with Crippen molar-refractivity contribution in [2.45, 2.75) is 25.3 Å². The molecule has 3 aromatic heterocycles. The second-order valence-electron chi connectivity index (χ2n) is 7.85. The maximum absolute atomic E-state index is 5.26. The summed E-state index contributed by atoms with van der Waals surface area (Å²) in [6.07, 6.45) is 8.00. The Balaban J connectivity index is 1.32. The fourth-order valence-corrected chi connectivity index (χ4v) is 4.18. The second-order valence-corrected chi connectivity index (χ2v) is 7.85. The molecule has 0 N–H and O–H groups in total. The second kappa shape index (κ2) is 8.24. The fraction of sp³-hybridized carbons (Fsp3) is 0.292. The van der Waals surface area contributed by atoms with Crippen molar-refractivity contribution in [3.63, 3.8) is 0 Å². The van der Waals surface area contributed by atoms with Gasteiger partial charge in [0.1, 0.15) is 5.75 Å². The highest BCUT2D eigenvalue weighted by atomic mass is 16.5. The highest BCUT2D eigenvalue weighted by Gasteiger charge is 2.25. The Morgan fingerprint density at radius 3 is 2.77 bits per heavy atom. The van der Waals surface area contributed by atoms with Crippen molar-refractivity contribution in [2.24, 2.45) is 0 Å². The van der Waals surface area contributed by atoms with Gasteiger partial charge in [-0.05, 0) is 55.3 Å². The maximum atomic E-state index is 5.26. The van der Waals surface area contributed by atoms with Crippen LogP contribution in [-0.2, 0) is 6.54 Å². The first-order chi connectivity index (χ1) is 14.8. The van der Waals surface area contributed by atoms with E-state index in [0.717, 1.165) is 60.8 Å². The Labute approximate surface area is 176 Å². The van der Waals surface area contributed by atoms with E-state index in [9.17, 15) is 0 Å². The Hall–Kier alpha value is -3.25. The molecule has 0 bridgehead atoms. The third-order valence-corrected chi connectivity index (χ3v) is 5.78. The summed E-state index contributed by atoms with van der Waals surface area (Å²) in [5, 5.41) is 4.83. The van der Waals surface area contributed by atoms with Gasteiger partial charge in [-0.15, -0.1) is 0 Å². The summed E-state index contributed by atoms with van der Waals surface area (Å²) >= 11 is 0. The zero-order valence-corrected chi connectivity index (χ0v) is 17.1. The monoisotopic (exact) mass is 399 g/mol. The summed E-state index contributed by atoms with van der Waals surface area (Å²) in [6, 6.07) is 16.5. The molecule has 30 heavy (non-hydrogen) atoms. The zero-order valence-electron chi connectivity index (χ0n) is 17.1. The largest absolute Gasteiger partial charge is 0.497 e. The number of fused-ring (bicyclic) bond motifs is 1. The van der Waals surface area contributed by atoms with Crippen molar-refractivity contribution >= 4 is 5.65 Å². The lowest BCUT2D eigenvalue weighted by atomic mass is 9.97. The summed E-state index contributed by atoms with van der Waals surface area (Å²) in [7, 11) is 1.70. The SMILES string of the molecule is COc1ccc(CN2CCCC(c3nc4ccc(-c5cccnc5)cn4n3)C2)cc1. The standard InChI is InChI=1S/C24H25N5O/c1-30-22-9-6-18(7-10-22)15-28-13-3-5-21(16-28)24-26-23-11-8-20(17-29(23)27-24)19-4-2-12-25-14-19/h2,4,6-12,14,17,21H,3,5,13,15-16H2,1H3. The van der Waals surface area contributed by atoms with Crippen LogP contribution in [-0.4, -0.2) is 44.7 Å². The third-order valence-electron chi connectivity index (χ3n) is 5.78. The molecule has 5 rings (SSSR count). The molecule has 6 nitrogen and oxygen atoms in total. The van der Waals surface area contributed by atoms with Gasteiger partial charge in [-0.2, -0.15) is 5.10 Å². The molecule has 4 aromatic rings. The molecule has 1 fully saturated rings. The molecule has 1 unspecified atom stereocenters. The van der Waals surface area contributed by atoms with Gasteiger partial charge in [-0.3, -0.25) is 9.88 Å². The van der Waals surface area contributed by atoms with Gasteiger partial charge in [-0.25, -0.2) is 9.50 Å². The van der Waals surface area contributed by atoms with Gasteiger partial charge >= 0.3 is 0 Å². The molecule has 4 heterocycles. The molecular formula is C24H25N5O. The topological polar surface area (TPSA) is 55.5 Å². The van der Waals surface area contributed by atoms with Crippen molar-refractivity contribution in [3.8, 4) is 16.9 Å². The van der Waals surface area contributed by atoms with E-state index in [1.807, 2.05) is 41.2 Å². The molecule has 0 spiro atoms. The number of likely N-dealkylation sites (tertiary alicyclic amines) is 1. The van der Waals surface area contributed by atoms with Gasteiger partial charge < -0.3 is 4.74 Å². The molecule has 1 atom stereocenters. The van der Waals surface area contributed by atoms with E-state index in [0.29, 0.717) is 5.92 Å². The van der Waals surface area contributed by atoms with E-state index in [-0.39, 0.29) is 0 Å². The average molecular weight is 399 g/mol. The number of hydrogen-bond acceptors (Lipinski definition) is 5. The molecule has 152 valence electrons. The molecule has 1 aliphatic heterocycles. The molecule has 0 amide bonds. The van der Waals surface area contributed by atoms with Crippen molar-refractivity contribution in [1.29, 1.82) is 0 Å². The fourth-order valence-electron chi connectivity index (χ4n) is 4.18. The average Bonchev–Trinajstić information content (AvgIpc) is 3.24. The minimum Gasteiger partial charge on any atom is -0.497 e. The van der Waals surface area contributed by atoms with Crippen LogP contribution in [0.25, 0.3) is 16.8 Å². The molecule has 1 aliphatic rings. The number of methoxy groups -OCH3 is 1.